The van der Waals surface area contributed by atoms with Crippen molar-refractivity contribution in [1.29, 1.82) is 0 Å². The summed E-state index contributed by atoms with van der Waals surface area (Å²) in [6.07, 6.45) is 1.99. The van der Waals surface area contributed by atoms with E-state index >= 15 is 0 Å². The highest BCUT2D eigenvalue weighted by Crippen LogP contribution is 2.41. The molecule has 1 unspecified atom stereocenters. The molecule has 3 aromatic rings. The quantitative estimate of drug-likeness (QED) is 0.400. The van der Waals surface area contributed by atoms with Gasteiger partial charge in [0.2, 0.25) is 0 Å². The molecule has 0 saturated carbocycles. The van der Waals surface area contributed by atoms with Gasteiger partial charge in [0, 0.05) is 29.2 Å². The van der Waals surface area contributed by atoms with Crippen molar-refractivity contribution < 1.29 is 24.1 Å². The van der Waals surface area contributed by atoms with Crippen LogP contribution in [0.25, 0.3) is 22.3 Å². The third kappa shape index (κ3) is 3.94. The van der Waals surface area contributed by atoms with Crippen LogP contribution in [-0.4, -0.2) is 32.3 Å². The number of hydrogen-bond acceptors (Lipinski definition) is 6. The zero-order valence-corrected chi connectivity index (χ0v) is 20.6. The number of esters is 1. The molecule has 0 radical (unpaired) electrons. The Morgan fingerprint density at radius 2 is 1.83 bits per heavy atom. The van der Waals surface area contributed by atoms with Gasteiger partial charge >= 0.3 is 5.97 Å². The van der Waals surface area contributed by atoms with Crippen molar-refractivity contribution in [1.82, 2.24) is 9.55 Å². The molecule has 2 aromatic heterocycles. The number of carbonyl (C=O) groups excluding carboxylic acids is 1. The molecule has 0 amide bonds. The Balaban J connectivity index is 0.000000440. The van der Waals surface area contributed by atoms with E-state index in [1.165, 1.54) is 6.07 Å². The van der Waals surface area contributed by atoms with Gasteiger partial charge in [-0.1, -0.05) is 20.8 Å². The number of carbonyl (C=O) groups is 1. The molecule has 0 bridgehead atoms. The van der Waals surface area contributed by atoms with Crippen LogP contribution in [0.1, 0.15) is 73.1 Å². The fraction of sp³-hybridized carbons (Fsp3) is 0.444. The van der Waals surface area contributed by atoms with Gasteiger partial charge in [-0.2, -0.15) is 0 Å². The molecular formula is C27H31FN2O5. The second kappa shape index (κ2) is 9.87. The predicted octanol–water partition coefficient (Wildman–Crippen LogP) is 3.87. The third-order valence-electron chi connectivity index (χ3n) is 6.76. The summed E-state index contributed by atoms with van der Waals surface area (Å²) in [4.78, 5) is 29.6. The predicted molar refractivity (Wildman–Crippen MR) is 131 cm³/mol. The third-order valence-corrected chi connectivity index (χ3v) is 6.76. The maximum Gasteiger partial charge on any atom is 0.340 e. The topological polar surface area (TPSA) is 102 Å². The first-order chi connectivity index (χ1) is 16.9. The van der Waals surface area contributed by atoms with Crippen LogP contribution in [0, 0.1) is 12.7 Å². The highest BCUT2D eigenvalue weighted by atomic mass is 19.1. The Morgan fingerprint density at radius 3 is 2.51 bits per heavy atom. The van der Waals surface area contributed by atoms with Crippen molar-refractivity contribution in [3.05, 3.63) is 61.7 Å². The molecule has 1 aromatic carbocycles. The molecular weight excluding hydrogens is 451 g/mol. The number of fused-ring (bicyclic) bond motifs is 5. The largest absolute Gasteiger partial charge is 0.458 e. The standard InChI is InChI=1S/C22H17FN2O4.C3H8O.C2H6/c1-9-10-3-2-4-11-13-7-25-17(19(13)24-16(18(10)11)6-15(9)23)5-12-14(21(25)27)8-29-22(28)20(12)26;1-2-3-4;1-2/h5-6,20,26H,2-4,7-8H2,1H3;4H,2-3H2,1H3;1-2H3. The minimum absolute atomic E-state index is 0.141. The maximum absolute atomic E-state index is 14.5. The first-order valence-electron chi connectivity index (χ1n) is 12.2. The SMILES string of the molecule is CC.CCCO.Cc1c(F)cc2nc3c(c4c2c1CCC4)Cn1c-3cc2c(c1=O)COC(=O)C2O. The fourth-order valence-corrected chi connectivity index (χ4v) is 5.06. The van der Waals surface area contributed by atoms with Crippen molar-refractivity contribution in [2.45, 2.75) is 72.6 Å². The molecule has 35 heavy (non-hydrogen) atoms. The number of benzene rings is 1. The van der Waals surface area contributed by atoms with Crippen molar-refractivity contribution in [2.75, 3.05) is 6.61 Å². The Morgan fingerprint density at radius 1 is 1.14 bits per heavy atom. The van der Waals surface area contributed by atoms with Crippen LogP contribution in [-0.2, 0) is 35.5 Å². The first-order valence-corrected chi connectivity index (χ1v) is 12.2. The number of cyclic esters (lactones) is 1. The smallest absolute Gasteiger partial charge is 0.340 e. The highest BCUT2D eigenvalue weighted by Gasteiger charge is 2.35. The second-order valence-corrected chi connectivity index (χ2v) is 8.72. The van der Waals surface area contributed by atoms with Crippen molar-refractivity contribution in [3.8, 4) is 11.4 Å². The molecule has 6 rings (SSSR count). The van der Waals surface area contributed by atoms with Gasteiger partial charge in [-0.15, -0.1) is 0 Å². The minimum atomic E-state index is -1.48. The van der Waals surface area contributed by atoms with Crippen molar-refractivity contribution >= 4 is 16.9 Å². The van der Waals surface area contributed by atoms with Crippen LogP contribution >= 0.6 is 0 Å². The van der Waals surface area contributed by atoms with Crippen LogP contribution in [0.15, 0.2) is 16.9 Å². The van der Waals surface area contributed by atoms with E-state index in [1.54, 1.807) is 17.6 Å². The van der Waals surface area contributed by atoms with E-state index in [9.17, 15) is 19.1 Å². The number of hydrogen-bond donors (Lipinski definition) is 2. The highest BCUT2D eigenvalue weighted by molar-refractivity contribution is 5.92. The zero-order chi connectivity index (χ0) is 25.4. The van der Waals surface area contributed by atoms with Gasteiger partial charge in [-0.05, 0) is 55.4 Å². The maximum atomic E-state index is 14.5. The normalized spacial score (nSPS) is 16.8. The van der Waals surface area contributed by atoms with E-state index in [4.69, 9.17) is 14.8 Å². The number of aliphatic hydroxyl groups excluding tert-OH is 2. The summed E-state index contributed by atoms with van der Waals surface area (Å²) in [5, 5.41) is 19.1. The van der Waals surface area contributed by atoms with E-state index in [0.29, 0.717) is 41.2 Å². The van der Waals surface area contributed by atoms with Crippen LogP contribution in [0.5, 0.6) is 0 Å². The Labute approximate surface area is 203 Å². The van der Waals surface area contributed by atoms with Crippen LogP contribution in [0.4, 0.5) is 4.39 Å². The Hall–Kier alpha value is -3.10. The Bertz CT molecular complexity index is 1380. The zero-order valence-electron chi connectivity index (χ0n) is 20.6. The van der Waals surface area contributed by atoms with E-state index in [-0.39, 0.29) is 23.5 Å². The number of aromatic nitrogens is 2. The molecule has 2 aliphatic heterocycles. The van der Waals surface area contributed by atoms with Gasteiger partial charge in [0.05, 0.1) is 29.0 Å². The second-order valence-electron chi connectivity index (χ2n) is 8.72. The van der Waals surface area contributed by atoms with Crippen LogP contribution in [0.3, 0.4) is 0 Å². The fourth-order valence-electron chi connectivity index (χ4n) is 5.06. The summed E-state index contributed by atoms with van der Waals surface area (Å²) < 4.78 is 21.1. The lowest BCUT2D eigenvalue weighted by molar-refractivity contribution is -0.157. The van der Waals surface area contributed by atoms with Crippen LogP contribution < -0.4 is 5.56 Å². The van der Waals surface area contributed by atoms with E-state index < -0.39 is 12.1 Å². The molecule has 186 valence electrons. The monoisotopic (exact) mass is 482 g/mol. The number of nitrogens with zero attached hydrogens (tertiary/aromatic N) is 2. The van der Waals surface area contributed by atoms with Crippen molar-refractivity contribution in [3.63, 3.8) is 0 Å². The first kappa shape index (κ1) is 25.0. The molecule has 0 fully saturated rings. The molecule has 0 spiro atoms. The number of pyridine rings is 2. The molecule has 0 saturated heterocycles. The number of aryl methyl sites for hydroxylation is 2. The van der Waals surface area contributed by atoms with Gasteiger partial charge in [0.25, 0.3) is 5.56 Å². The van der Waals surface area contributed by atoms with Crippen molar-refractivity contribution in [2.24, 2.45) is 0 Å². The Kier molecular flexibility index (Phi) is 7.05. The van der Waals surface area contributed by atoms with Crippen LogP contribution in [0.2, 0.25) is 0 Å². The molecule has 2 N–H and O–H groups in total. The van der Waals surface area contributed by atoms with E-state index in [1.807, 2.05) is 20.8 Å². The van der Waals surface area contributed by atoms with E-state index in [2.05, 4.69) is 0 Å². The molecule has 3 aliphatic rings. The van der Waals surface area contributed by atoms with Gasteiger partial charge in [-0.25, -0.2) is 14.2 Å². The average molecular weight is 483 g/mol. The summed E-state index contributed by atoms with van der Waals surface area (Å²) in [5.74, 6) is -1.03. The minimum Gasteiger partial charge on any atom is -0.458 e. The lowest BCUT2D eigenvalue weighted by Gasteiger charge is -2.22. The lowest BCUT2D eigenvalue weighted by Crippen LogP contribution is -2.32. The van der Waals surface area contributed by atoms with Gasteiger partial charge in [-0.3, -0.25) is 4.79 Å². The summed E-state index contributed by atoms with van der Waals surface area (Å²) in [6, 6.07) is 3.13. The lowest BCUT2D eigenvalue weighted by atomic mass is 9.85. The molecule has 1 atom stereocenters. The molecule has 4 heterocycles. The summed E-state index contributed by atoms with van der Waals surface area (Å²) in [7, 11) is 0. The number of halogens is 1. The number of aliphatic hydroxyl groups is 2. The molecule has 7 nitrogen and oxygen atoms in total. The number of rotatable bonds is 1. The average Bonchev–Trinajstić information content (AvgIpc) is 3.25. The number of ether oxygens (including phenoxy) is 1. The van der Waals surface area contributed by atoms with Gasteiger partial charge in [0.1, 0.15) is 12.4 Å². The molecule has 8 heteroatoms. The van der Waals surface area contributed by atoms with Gasteiger partial charge in [0.15, 0.2) is 6.10 Å². The summed E-state index contributed by atoms with van der Waals surface area (Å²) in [5.41, 5.74) is 5.86. The molecule has 1 aliphatic carbocycles. The summed E-state index contributed by atoms with van der Waals surface area (Å²) in [6.45, 7) is 8.30. The van der Waals surface area contributed by atoms with Gasteiger partial charge < -0.3 is 19.5 Å². The summed E-state index contributed by atoms with van der Waals surface area (Å²) >= 11 is 0. The van der Waals surface area contributed by atoms with E-state index in [0.717, 1.165) is 47.8 Å².